The van der Waals surface area contributed by atoms with Crippen LogP contribution in [-0.2, 0) is 32.2 Å². The van der Waals surface area contributed by atoms with Gasteiger partial charge in [0.1, 0.15) is 4.83 Å². The Morgan fingerprint density at radius 1 is 1.00 bits per heavy atom. The van der Waals surface area contributed by atoms with Gasteiger partial charge in [-0.25, -0.2) is 4.98 Å². The molecule has 2 aromatic heterocycles. The highest BCUT2D eigenvalue weighted by Gasteiger charge is 2.28. The molecule has 0 amide bonds. The maximum absolute atomic E-state index is 13.5. The quantitative estimate of drug-likeness (QED) is 0.524. The zero-order chi connectivity index (χ0) is 20.8. The third-order valence-corrected chi connectivity index (χ3v) is 8.02. The number of nitrogens with one attached hydrogen (secondary N) is 1. The molecule has 1 unspecified atom stereocenters. The lowest BCUT2D eigenvalue weighted by Gasteiger charge is -2.23. The third-order valence-electron chi connectivity index (χ3n) is 6.86. The van der Waals surface area contributed by atoms with Crippen LogP contribution in [0.3, 0.4) is 0 Å². The van der Waals surface area contributed by atoms with Crippen molar-refractivity contribution < 1.29 is 0 Å². The number of hydrogen-bond acceptors (Lipinski definition) is 4. The van der Waals surface area contributed by atoms with Gasteiger partial charge in [-0.3, -0.25) is 9.36 Å². The molecule has 0 fully saturated rings. The second-order valence-corrected chi connectivity index (χ2v) is 9.86. The largest absolute Gasteiger partial charge is 0.310 e. The summed E-state index contributed by atoms with van der Waals surface area (Å²) in [5.74, 6) is 0. The molecule has 4 nitrogen and oxygen atoms in total. The molecule has 156 valence electrons. The van der Waals surface area contributed by atoms with E-state index >= 15 is 0 Å². The molecule has 4 aromatic rings. The summed E-state index contributed by atoms with van der Waals surface area (Å²) in [6.07, 6.45) is 6.62. The highest BCUT2D eigenvalue weighted by molar-refractivity contribution is 7.18. The summed E-state index contributed by atoms with van der Waals surface area (Å²) in [6.45, 7) is 0.888. The second kappa shape index (κ2) is 7.74. The molecule has 1 atom stereocenters. The van der Waals surface area contributed by atoms with Gasteiger partial charge in [-0.1, -0.05) is 54.6 Å². The van der Waals surface area contributed by atoms with Crippen molar-refractivity contribution >= 4 is 21.6 Å². The first-order chi connectivity index (χ1) is 15.3. The Kier molecular flexibility index (Phi) is 4.73. The average molecular weight is 428 g/mol. The van der Waals surface area contributed by atoms with Crippen molar-refractivity contribution in [2.75, 3.05) is 0 Å². The van der Waals surface area contributed by atoms with Crippen molar-refractivity contribution in [2.45, 2.75) is 50.7 Å². The van der Waals surface area contributed by atoms with Crippen molar-refractivity contribution in [3.8, 4) is 0 Å². The van der Waals surface area contributed by atoms with Crippen LogP contribution in [-0.4, -0.2) is 15.6 Å². The summed E-state index contributed by atoms with van der Waals surface area (Å²) in [7, 11) is 0. The first-order valence-corrected chi connectivity index (χ1v) is 11.9. The van der Waals surface area contributed by atoms with Crippen molar-refractivity contribution in [3.05, 3.63) is 98.4 Å². The minimum Gasteiger partial charge on any atom is -0.310 e. The van der Waals surface area contributed by atoms with Gasteiger partial charge in [-0.2, -0.15) is 0 Å². The van der Waals surface area contributed by atoms with E-state index in [-0.39, 0.29) is 11.6 Å². The zero-order valence-corrected chi connectivity index (χ0v) is 18.2. The van der Waals surface area contributed by atoms with Gasteiger partial charge in [0.15, 0.2) is 0 Å². The molecule has 0 spiro atoms. The monoisotopic (exact) mass is 427 g/mol. The molecule has 5 heteroatoms. The van der Waals surface area contributed by atoms with E-state index in [1.807, 2.05) is 4.57 Å². The number of fused-ring (bicyclic) bond motifs is 4. The number of thiophene rings is 1. The Hall–Kier alpha value is -2.76. The smallest absolute Gasteiger partial charge is 0.262 e. The maximum atomic E-state index is 13.5. The third kappa shape index (κ3) is 3.42. The lowest BCUT2D eigenvalue weighted by Crippen LogP contribution is -2.34. The predicted octanol–water partition coefficient (Wildman–Crippen LogP) is 4.45. The van der Waals surface area contributed by atoms with Crippen LogP contribution in [0.2, 0.25) is 0 Å². The number of hydrogen-bond donors (Lipinski definition) is 1. The molecule has 1 N–H and O–H groups in total. The van der Waals surface area contributed by atoms with Gasteiger partial charge in [-0.05, 0) is 54.4 Å². The summed E-state index contributed by atoms with van der Waals surface area (Å²) in [4.78, 5) is 20.5. The highest BCUT2D eigenvalue weighted by atomic mass is 32.1. The molecule has 0 saturated heterocycles. The zero-order valence-electron chi connectivity index (χ0n) is 17.4. The standard InChI is InChI=1S/C26H25N3OS/c30-26-24-22-11-10-20(27-15-17-6-2-1-3-7-17)14-23(22)31-25(24)28-16-29(26)21-12-18-8-4-5-9-19(18)13-21/h1-9,16,20-21,27H,10-15H2. The number of rotatable bonds is 4. The Morgan fingerprint density at radius 2 is 1.74 bits per heavy atom. The van der Waals surface area contributed by atoms with Crippen molar-refractivity contribution in [2.24, 2.45) is 0 Å². The van der Waals surface area contributed by atoms with Crippen molar-refractivity contribution in [1.29, 1.82) is 0 Å². The second-order valence-electron chi connectivity index (χ2n) is 8.78. The molecule has 0 saturated carbocycles. The van der Waals surface area contributed by atoms with Crippen LogP contribution < -0.4 is 10.9 Å². The van der Waals surface area contributed by atoms with Gasteiger partial charge in [0.25, 0.3) is 5.56 Å². The van der Waals surface area contributed by atoms with Crippen LogP contribution in [0.4, 0.5) is 0 Å². The minimum atomic E-state index is 0.149. The fraction of sp³-hybridized carbons (Fsp3) is 0.308. The summed E-state index contributed by atoms with van der Waals surface area (Å²) >= 11 is 1.71. The summed E-state index contributed by atoms with van der Waals surface area (Å²) < 4.78 is 1.90. The molecule has 2 aliphatic rings. The molecule has 6 rings (SSSR count). The first-order valence-electron chi connectivity index (χ1n) is 11.1. The van der Waals surface area contributed by atoms with E-state index in [0.717, 1.165) is 48.9 Å². The Labute approximate surface area is 185 Å². The topological polar surface area (TPSA) is 46.9 Å². The lowest BCUT2D eigenvalue weighted by atomic mass is 9.93. The van der Waals surface area contributed by atoms with Crippen LogP contribution in [0.1, 0.15) is 39.6 Å². The van der Waals surface area contributed by atoms with Crippen molar-refractivity contribution in [3.63, 3.8) is 0 Å². The van der Waals surface area contributed by atoms with E-state index in [1.165, 1.54) is 27.1 Å². The average Bonchev–Trinajstić information content (AvgIpc) is 3.39. The molecule has 31 heavy (non-hydrogen) atoms. The molecule has 0 aliphatic heterocycles. The Balaban J connectivity index is 1.26. The Morgan fingerprint density at radius 3 is 2.52 bits per heavy atom. The van der Waals surface area contributed by atoms with E-state index in [4.69, 9.17) is 4.98 Å². The molecule has 0 radical (unpaired) electrons. The van der Waals surface area contributed by atoms with E-state index < -0.39 is 0 Å². The van der Waals surface area contributed by atoms with Crippen LogP contribution in [0.25, 0.3) is 10.2 Å². The van der Waals surface area contributed by atoms with Gasteiger partial charge in [-0.15, -0.1) is 11.3 Å². The fourth-order valence-corrected chi connectivity index (χ4v) is 6.46. The van der Waals surface area contributed by atoms with Gasteiger partial charge in [0.05, 0.1) is 11.7 Å². The number of aryl methyl sites for hydroxylation is 1. The molecule has 2 aliphatic carbocycles. The number of benzene rings is 2. The first kappa shape index (κ1) is 19.0. The lowest BCUT2D eigenvalue weighted by molar-refractivity contribution is 0.462. The Bertz CT molecular complexity index is 1280. The highest BCUT2D eigenvalue weighted by Crippen LogP contribution is 2.35. The van der Waals surface area contributed by atoms with E-state index in [0.29, 0.717) is 6.04 Å². The molecular formula is C26H25N3OS. The summed E-state index contributed by atoms with van der Waals surface area (Å²) in [5, 5.41) is 4.58. The normalized spacial score (nSPS) is 18.3. The van der Waals surface area contributed by atoms with Crippen LogP contribution >= 0.6 is 11.3 Å². The molecule has 2 heterocycles. The predicted molar refractivity (Wildman–Crippen MR) is 126 cm³/mol. The van der Waals surface area contributed by atoms with E-state index in [9.17, 15) is 4.79 Å². The number of aromatic nitrogens is 2. The maximum Gasteiger partial charge on any atom is 0.262 e. The summed E-state index contributed by atoms with van der Waals surface area (Å²) in [5.41, 5.74) is 5.43. The molecule has 0 bridgehead atoms. The van der Waals surface area contributed by atoms with Crippen LogP contribution in [0.5, 0.6) is 0 Å². The van der Waals surface area contributed by atoms with E-state index in [2.05, 4.69) is 59.9 Å². The van der Waals surface area contributed by atoms with E-state index in [1.54, 1.807) is 17.7 Å². The van der Waals surface area contributed by atoms with Gasteiger partial charge in [0.2, 0.25) is 0 Å². The van der Waals surface area contributed by atoms with Gasteiger partial charge >= 0.3 is 0 Å². The van der Waals surface area contributed by atoms with Crippen LogP contribution in [0, 0.1) is 0 Å². The number of nitrogens with zero attached hydrogens (tertiary/aromatic N) is 2. The SMILES string of the molecule is O=c1c2c3c(sc2ncn1C1Cc2ccccc2C1)CC(NCc1ccccc1)CC3. The fourth-order valence-electron chi connectivity index (χ4n) is 5.20. The van der Waals surface area contributed by atoms with Crippen LogP contribution in [0.15, 0.2) is 65.7 Å². The molecular weight excluding hydrogens is 402 g/mol. The van der Waals surface area contributed by atoms with Gasteiger partial charge in [0, 0.05) is 23.5 Å². The summed E-state index contributed by atoms with van der Waals surface area (Å²) in [6, 6.07) is 19.7. The molecule has 2 aromatic carbocycles. The van der Waals surface area contributed by atoms with Gasteiger partial charge < -0.3 is 5.32 Å². The van der Waals surface area contributed by atoms with Crippen molar-refractivity contribution in [1.82, 2.24) is 14.9 Å². The minimum absolute atomic E-state index is 0.149.